The van der Waals surface area contributed by atoms with Gasteiger partial charge in [0.2, 0.25) is 0 Å². The van der Waals surface area contributed by atoms with E-state index in [2.05, 4.69) is 28.4 Å². The number of aliphatic hydroxyl groups excluding tert-OH is 1. The number of rotatable bonds is 7. The molecule has 4 heteroatoms. The summed E-state index contributed by atoms with van der Waals surface area (Å²) in [5.41, 5.74) is 2.72. The molecule has 1 aromatic rings. The first-order chi connectivity index (χ1) is 10.3. The first-order valence-electron chi connectivity index (χ1n) is 8.16. The molecule has 0 aliphatic carbocycles. The molecule has 21 heavy (non-hydrogen) atoms. The normalized spacial score (nSPS) is 20.8. The number of aliphatic hydroxyl groups is 1. The molecule has 1 fully saturated rings. The van der Waals surface area contributed by atoms with Gasteiger partial charge in [-0.05, 0) is 43.0 Å². The molecule has 0 radical (unpaired) electrons. The second-order valence-corrected chi connectivity index (χ2v) is 6.11. The predicted molar refractivity (Wildman–Crippen MR) is 83.9 cm³/mol. The monoisotopic (exact) mass is 290 g/mol. The van der Waals surface area contributed by atoms with E-state index in [-0.39, 0.29) is 6.61 Å². The Kier molecular flexibility index (Phi) is 5.12. The predicted octanol–water partition coefficient (Wildman–Crippen LogP) is 1.21. The van der Waals surface area contributed by atoms with Crippen LogP contribution in [0.15, 0.2) is 18.2 Å². The molecule has 1 aromatic carbocycles. The minimum atomic E-state index is 0.241. The summed E-state index contributed by atoms with van der Waals surface area (Å²) in [5, 5.41) is 12.8. The Labute approximate surface area is 127 Å². The summed E-state index contributed by atoms with van der Waals surface area (Å²) in [6, 6.07) is 7.17. The molecule has 1 atom stereocenters. The van der Waals surface area contributed by atoms with Crippen LogP contribution in [0.3, 0.4) is 0 Å². The molecular formula is C17H26N2O2. The lowest BCUT2D eigenvalue weighted by Gasteiger charge is -2.25. The van der Waals surface area contributed by atoms with Crippen molar-refractivity contribution < 1.29 is 9.84 Å². The zero-order valence-corrected chi connectivity index (χ0v) is 12.7. The van der Waals surface area contributed by atoms with Crippen LogP contribution < -0.4 is 10.1 Å². The minimum absolute atomic E-state index is 0.241. The Bertz CT molecular complexity index is 458. The first kappa shape index (κ1) is 14.8. The molecule has 2 aliphatic rings. The van der Waals surface area contributed by atoms with Crippen molar-refractivity contribution in [2.75, 3.05) is 39.4 Å². The van der Waals surface area contributed by atoms with Crippen LogP contribution in [0.4, 0.5) is 0 Å². The maximum Gasteiger partial charge on any atom is 0.122 e. The fraction of sp³-hybridized carbons (Fsp3) is 0.647. The fourth-order valence-electron chi connectivity index (χ4n) is 3.34. The van der Waals surface area contributed by atoms with Crippen molar-refractivity contribution >= 4 is 0 Å². The zero-order valence-electron chi connectivity index (χ0n) is 12.7. The van der Waals surface area contributed by atoms with Crippen molar-refractivity contribution in [2.45, 2.75) is 31.7 Å². The molecule has 0 amide bonds. The van der Waals surface area contributed by atoms with Crippen molar-refractivity contribution in [1.82, 2.24) is 10.2 Å². The highest BCUT2D eigenvalue weighted by molar-refractivity contribution is 5.39. The zero-order chi connectivity index (χ0) is 14.5. The van der Waals surface area contributed by atoms with Gasteiger partial charge in [0.15, 0.2) is 0 Å². The summed E-state index contributed by atoms with van der Waals surface area (Å²) in [6.45, 7) is 5.04. The van der Waals surface area contributed by atoms with Crippen LogP contribution in [0.25, 0.3) is 0 Å². The van der Waals surface area contributed by atoms with Crippen molar-refractivity contribution in [1.29, 1.82) is 0 Å². The van der Waals surface area contributed by atoms with Gasteiger partial charge in [-0.2, -0.15) is 0 Å². The van der Waals surface area contributed by atoms with E-state index in [0.717, 1.165) is 51.4 Å². The van der Waals surface area contributed by atoms with Crippen LogP contribution in [-0.4, -0.2) is 55.4 Å². The van der Waals surface area contributed by atoms with Crippen molar-refractivity contribution in [3.63, 3.8) is 0 Å². The van der Waals surface area contributed by atoms with E-state index in [1.54, 1.807) is 0 Å². The topological polar surface area (TPSA) is 44.7 Å². The molecular weight excluding hydrogens is 264 g/mol. The quantitative estimate of drug-likeness (QED) is 0.792. The van der Waals surface area contributed by atoms with Gasteiger partial charge in [-0.15, -0.1) is 0 Å². The van der Waals surface area contributed by atoms with Crippen LogP contribution in [0.1, 0.15) is 24.0 Å². The lowest BCUT2D eigenvalue weighted by Crippen LogP contribution is -2.40. The molecule has 0 aromatic heterocycles. The minimum Gasteiger partial charge on any atom is -0.493 e. The van der Waals surface area contributed by atoms with E-state index in [4.69, 9.17) is 4.74 Å². The van der Waals surface area contributed by atoms with Gasteiger partial charge in [0.05, 0.1) is 13.2 Å². The molecule has 2 heterocycles. The SMILES string of the molecule is OCCN(CCc1ccc2c(c1)CCO2)CC1CCCN1. The van der Waals surface area contributed by atoms with Gasteiger partial charge in [0.1, 0.15) is 5.75 Å². The van der Waals surface area contributed by atoms with Crippen LogP contribution in [0.2, 0.25) is 0 Å². The number of ether oxygens (including phenoxy) is 1. The van der Waals surface area contributed by atoms with Crippen LogP contribution >= 0.6 is 0 Å². The van der Waals surface area contributed by atoms with E-state index in [9.17, 15) is 5.11 Å². The number of fused-ring (bicyclic) bond motifs is 1. The molecule has 0 spiro atoms. The van der Waals surface area contributed by atoms with E-state index in [1.807, 2.05) is 0 Å². The number of nitrogens with one attached hydrogen (secondary N) is 1. The highest BCUT2D eigenvalue weighted by Gasteiger charge is 2.18. The van der Waals surface area contributed by atoms with Gasteiger partial charge in [0, 0.05) is 32.1 Å². The van der Waals surface area contributed by atoms with Crippen LogP contribution in [-0.2, 0) is 12.8 Å². The van der Waals surface area contributed by atoms with Gasteiger partial charge >= 0.3 is 0 Å². The summed E-state index contributed by atoms with van der Waals surface area (Å²) in [4.78, 5) is 2.38. The third-order valence-electron chi connectivity index (χ3n) is 4.53. The van der Waals surface area contributed by atoms with E-state index < -0.39 is 0 Å². The molecule has 2 N–H and O–H groups in total. The van der Waals surface area contributed by atoms with Gasteiger partial charge < -0.3 is 15.2 Å². The molecule has 0 saturated carbocycles. The number of benzene rings is 1. The van der Waals surface area contributed by atoms with Gasteiger partial charge in [-0.25, -0.2) is 0 Å². The molecule has 1 unspecified atom stereocenters. The van der Waals surface area contributed by atoms with Crippen molar-refractivity contribution in [3.8, 4) is 5.75 Å². The second kappa shape index (κ2) is 7.25. The molecule has 4 nitrogen and oxygen atoms in total. The molecule has 116 valence electrons. The Balaban J connectivity index is 1.53. The van der Waals surface area contributed by atoms with E-state index >= 15 is 0 Å². The molecule has 0 bridgehead atoms. The van der Waals surface area contributed by atoms with Gasteiger partial charge in [-0.3, -0.25) is 4.90 Å². The summed E-state index contributed by atoms with van der Waals surface area (Å²) >= 11 is 0. The standard InChI is InChI=1S/C17H26N2O2/c20-10-9-19(13-16-2-1-7-18-16)8-5-14-3-4-17-15(12-14)6-11-21-17/h3-4,12,16,18,20H,1-2,5-11,13H2. The maximum absolute atomic E-state index is 9.26. The Morgan fingerprint density at radius 3 is 3.10 bits per heavy atom. The third kappa shape index (κ3) is 3.96. The van der Waals surface area contributed by atoms with E-state index in [0.29, 0.717) is 6.04 Å². The van der Waals surface area contributed by atoms with Gasteiger partial charge in [0.25, 0.3) is 0 Å². The average molecular weight is 290 g/mol. The molecule has 2 aliphatic heterocycles. The summed E-state index contributed by atoms with van der Waals surface area (Å²) in [5.74, 6) is 1.06. The highest BCUT2D eigenvalue weighted by atomic mass is 16.5. The highest BCUT2D eigenvalue weighted by Crippen LogP contribution is 2.26. The van der Waals surface area contributed by atoms with E-state index in [1.165, 1.54) is 24.0 Å². The molecule has 3 rings (SSSR count). The number of hydrogen-bond acceptors (Lipinski definition) is 4. The fourth-order valence-corrected chi connectivity index (χ4v) is 3.34. The first-order valence-corrected chi connectivity index (χ1v) is 8.16. The Morgan fingerprint density at radius 1 is 1.33 bits per heavy atom. The maximum atomic E-state index is 9.26. The van der Waals surface area contributed by atoms with Crippen LogP contribution in [0.5, 0.6) is 5.75 Å². The summed E-state index contributed by atoms with van der Waals surface area (Å²) in [7, 11) is 0. The van der Waals surface area contributed by atoms with Crippen LogP contribution in [0, 0.1) is 0 Å². The number of nitrogens with zero attached hydrogens (tertiary/aromatic N) is 1. The summed E-state index contributed by atoms with van der Waals surface area (Å²) < 4.78 is 5.55. The van der Waals surface area contributed by atoms with Crippen molar-refractivity contribution in [3.05, 3.63) is 29.3 Å². The lowest BCUT2D eigenvalue weighted by atomic mass is 10.1. The smallest absolute Gasteiger partial charge is 0.122 e. The average Bonchev–Trinajstić information content (AvgIpc) is 3.15. The lowest BCUT2D eigenvalue weighted by molar-refractivity contribution is 0.186. The molecule has 1 saturated heterocycles. The van der Waals surface area contributed by atoms with Gasteiger partial charge in [-0.1, -0.05) is 12.1 Å². The second-order valence-electron chi connectivity index (χ2n) is 6.11. The summed E-state index contributed by atoms with van der Waals surface area (Å²) in [6.07, 6.45) is 4.62. The Morgan fingerprint density at radius 2 is 2.29 bits per heavy atom. The number of hydrogen-bond donors (Lipinski definition) is 2. The van der Waals surface area contributed by atoms with Crippen molar-refractivity contribution in [2.24, 2.45) is 0 Å². The largest absolute Gasteiger partial charge is 0.493 e. The third-order valence-corrected chi connectivity index (χ3v) is 4.53. The Hall–Kier alpha value is -1.10.